The molecule has 0 bridgehead atoms. The van der Waals surface area contributed by atoms with E-state index in [-0.39, 0.29) is 12.4 Å². The van der Waals surface area contributed by atoms with Gasteiger partial charge in [-0.3, -0.25) is 0 Å². The summed E-state index contributed by atoms with van der Waals surface area (Å²) in [6, 6.07) is 4.78. The van der Waals surface area contributed by atoms with Crippen LogP contribution in [-0.4, -0.2) is 23.2 Å². The third-order valence-corrected chi connectivity index (χ3v) is 3.86. The molecule has 0 radical (unpaired) electrons. The Balaban J connectivity index is 0.00000192. The van der Waals surface area contributed by atoms with Gasteiger partial charge >= 0.3 is 6.18 Å². The van der Waals surface area contributed by atoms with E-state index in [4.69, 9.17) is 4.52 Å². The van der Waals surface area contributed by atoms with Gasteiger partial charge in [0.05, 0.1) is 5.56 Å². The molecule has 0 saturated carbocycles. The predicted molar refractivity (Wildman–Crippen MR) is 81.3 cm³/mol. The lowest BCUT2D eigenvalue weighted by molar-refractivity contribution is -0.137. The molecule has 1 fully saturated rings. The summed E-state index contributed by atoms with van der Waals surface area (Å²) < 4.78 is 42.8. The highest BCUT2D eigenvalue weighted by atomic mass is 35.5. The summed E-state index contributed by atoms with van der Waals surface area (Å²) in [5.74, 6) is 1.39. The first kappa shape index (κ1) is 17.7. The fourth-order valence-electron chi connectivity index (χ4n) is 2.60. The van der Waals surface area contributed by atoms with Crippen LogP contribution >= 0.6 is 12.4 Å². The topological polar surface area (TPSA) is 51.0 Å². The van der Waals surface area contributed by atoms with Crippen molar-refractivity contribution in [3.05, 3.63) is 35.7 Å². The fourth-order valence-corrected chi connectivity index (χ4v) is 2.60. The summed E-state index contributed by atoms with van der Waals surface area (Å²) in [4.78, 5) is 4.29. The number of piperidine rings is 1. The first-order valence-electron chi connectivity index (χ1n) is 7.23. The predicted octanol–water partition coefficient (Wildman–Crippen LogP) is 3.72. The number of hydrogen-bond acceptors (Lipinski definition) is 4. The quantitative estimate of drug-likeness (QED) is 0.919. The maximum atomic E-state index is 12.5. The van der Waals surface area contributed by atoms with Crippen molar-refractivity contribution in [3.8, 4) is 11.4 Å². The molecule has 1 aliphatic rings. The Hall–Kier alpha value is -1.60. The minimum atomic E-state index is -4.34. The normalized spacial score (nSPS) is 16.1. The van der Waals surface area contributed by atoms with Crippen molar-refractivity contribution in [2.75, 3.05) is 13.1 Å². The van der Waals surface area contributed by atoms with Crippen molar-refractivity contribution in [2.24, 2.45) is 5.92 Å². The Morgan fingerprint density at radius 1 is 1.13 bits per heavy atom. The number of alkyl halides is 3. The summed E-state index contributed by atoms with van der Waals surface area (Å²) in [6.07, 6.45) is -1.48. The van der Waals surface area contributed by atoms with Crippen LogP contribution in [0, 0.1) is 5.92 Å². The van der Waals surface area contributed by atoms with Gasteiger partial charge in [-0.1, -0.05) is 17.3 Å². The molecule has 1 aromatic carbocycles. The summed E-state index contributed by atoms with van der Waals surface area (Å²) in [5.41, 5.74) is -0.164. The Labute approximate surface area is 137 Å². The summed E-state index contributed by atoms with van der Waals surface area (Å²) in [5, 5.41) is 7.15. The molecule has 0 aliphatic carbocycles. The molecule has 3 rings (SSSR count). The second kappa shape index (κ2) is 7.31. The Bertz CT molecular complexity index is 622. The van der Waals surface area contributed by atoms with Gasteiger partial charge in [0, 0.05) is 12.0 Å². The van der Waals surface area contributed by atoms with Gasteiger partial charge in [-0.15, -0.1) is 12.4 Å². The van der Waals surface area contributed by atoms with E-state index in [1.54, 1.807) is 0 Å². The molecular weight excluding hydrogens is 331 g/mol. The molecule has 0 unspecified atom stereocenters. The molecule has 4 nitrogen and oxygen atoms in total. The van der Waals surface area contributed by atoms with Gasteiger partial charge < -0.3 is 9.84 Å². The van der Waals surface area contributed by atoms with Crippen LogP contribution in [0.5, 0.6) is 0 Å². The van der Waals surface area contributed by atoms with Crippen molar-refractivity contribution in [2.45, 2.75) is 25.4 Å². The number of benzene rings is 1. The maximum Gasteiger partial charge on any atom is 0.416 e. The van der Waals surface area contributed by atoms with E-state index in [2.05, 4.69) is 15.5 Å². The van der Waals surface area contributed by atoms with Crippen LogP contribution in [0.25, 0.3) is 11.4 Å². The molecule has 0 spiro atoms. The molecule has 8 heteroatoms. The van der Waals surface area contributed by atoms with E-state index in [1.807, 2.05) is 0 Å². The zero-order valence-electron chi connectivity index (χ0n) is 12.3. The standard InChI is InChI=1S/C15H16F3N3O.ClH/c16-15(17,18)12-3-1-11(2-4-12)14-20-13(22-21-14)9-10-5-7-19-8-6-10;/h1-4,10,19H,5-9H2;1H. The first-order chi connectivity index (χ1) is 10.5. The SMILES string of the molecule is Cl.FC(F)(F)c1ccc(-c2noc(CC3CCNCC3)n2)cc1. The Morgan fingerprint density at radius 2 is 1.78 bits per heavy atom. The zero-order valence-corrected chi connectivity index (χ0v) is 13.1. The first-order valence-corrected chi connectivity index (χ1v) is 7.23. The smallest absolute Gasteiger partial charge is 0.339 e. The third-order valence-electron chi connectivity index (χ3n) is 3.86. The van der Waals surface area contributed by atoms with Gasteiger partial charge in [0.1, 0.15) is 0 Å². The number of halogens is 4. The fraction of sp³-hybridized carbons (Fsp3) is 0.467. The lowest BCUT2D eigenvalue weighted by Crippen LogP contribution is -2.28. The zero-order chi connectivity index (χ0) is 15.6. The maximum absolute atomic E-state index is 12.5. The van der Waals surface area contributed by atoms with Crippen LogP contribution in [0.1, 0.15) is 24.3 Å². The minimum absolute atomic E-state index is 0. The lowest BCUT2D eigenvalue weighted by atomic mass is 9.95. The number of hydrogen-bond donors (Lipinski definition) is 1. The monoisotopic (exact) mass is 347 g/mol. The lowest BCUT2D eigenvalue weighted by Gasteiger charge is -2.20. The highest BCUT2D eigenvalue weighted by Crippen LogP contribution is 2.30. The molecular formula is C15H17ClF3N3O. The summed E-state index contributed by atoms with van der Waals surface area (Å²) in [7, 11) is 0. The van der Waals surface area contributed by atoms with E-state index in [9.17, 15) is 13.2 Å². The average molecular weight is 348 g/mol. The van der Waals surface area contributed by atoms with E-state index < -0.39 is 11.7 Å². The van der Waals surface area contributed by atoms with Gasteiger partial charge in [0.2, 0.25) is 11.7 Å². The highest BCUT2D eigenvalue weighted by Gasteiger charge is 2.30. The van der Waals surface area contributed by atoms with Gasteiger partial charge in [-0.25, -0.2) is 0 Å². The number of rotatable bonds is 3. The van der Waals surface area contributed by atoms with Crippen molar-refractivity contribution in [1.82, 2.24) is 15.5 Å². The van der Waals surface area contributed by atoms with Gasteiger partial charge in [-0.2, -0.15) is 18.2 Å². The molecule has 1 aliphatic heterocycles. The largest absolute Gasteiger partial charge is 0.416 e. The van der Waals surface area contributed by atoms with Gasteiger partial charge in [0.15, 0.2) is 0 Å². The van der Waals surface area contributed by atoms with E-state index >= 15 is 0 Å². The third kappa shape index (κ3) is 4.45. The second-order valence-corrected chi connectivity index (χ2v) is 5.48. The minimum Gasteiger partial charge on any atom is -0.339 e. The van der Waals surface area contributed by atoms with Crippen molar-refractivity contribution in [3.63, 3.8) is 0 Å². The number of aromatic nitrogens is 2. The number of nitrogens with one attached hydrogen (secondary N) is 1. The molecule has 0 amide bonds. The van der Waals surface area contributed by atoms with Crippen LogP contribution in [0.2, 0.25) is 0 Å². The molecule has 1 aromatic heterocycles. The van der Waals surface area contributed by atoms with Crippen molar-refractivity contribution >= 4 is 12.4 Å². The molecule has 126 valence electrons. The van der Waals surface area contributed by atoms with Crippen LogP contribution in [0.4, 0.5) is 13.2 Å². The Morgan fingerprint density at radius 3 is 2.39 bits per heavy atom. The van der Waals surface area contributed by atoms with Gasteiger partial charge in [0.25, 0.3) is 0 Å². The van der Waals surface area contributed by atoms with Crippen LogP contribution in [0.3, 0.4) is 0 Å². The summed E-state index contributed by atoms with van der Waals surface area (Å²) in [6.45, 7) is 1.98. The molecule has 1 N–H and O–H groups in total. The molecule has 1 saturated heterocycles. The summed E-state index contributed by atoms with van der Waals surface area (Å²) >= 11 is 0. The Kier molecular flexibility index (Phi) is 5.64. The van der Waals surface area contributed by atoms with Crippen LogP contribution in [-0.2, 0) is 12.6 Å². The van der Waals surface area contributed by atoms with Crippen LogP contribution in [0.15, 0.2) is 28.8 Å². The molecule has 2 aromatic rings. The van der Waals surface area contributed by atoms with Crippen molar-refractivity contribution < 1.29 is 17.7 Å². The number of nitrogens with zero attached hydrogens (tertiary/aromatic N) is 2. The van der Waals surface area contributed by atoms with E-state index in [1.165, 1.54) is 12.1 Å². The van der Waals surface area contributed by atoms with Crippen molar-refractivity contribution in [1.29, 1.82) is 0 Å². The van der Waals surface area contributed by atoms with Crippen LogP contribution < -0.4 is 5.32 Å². The van der Waals surface area contributed by atoms with Gasteiger partial charge in [-0.05, 0) is 44.0 Å². The average Bonchev–Trinajstić information content (AvgIpc) is 2.96. The molecule has 2 heterocycles. The van der Waals surface area contributed by atoms with E-state index in [0.29, 0.717) is 23.2 Å². The second-order valence-electron chi connectivity index (χ2n) is 5.48. The molecule has 0 atom stereocenters. The van der Waals surface area contributed by atoms with E-state index in [0.717, 1.165) is 44.5 Å². The highest BCUT2D eigenvalue weighted by molar-refractivity contribution is 5.85. The molecule has 23 heavy (non-hydrogen) atoms.